The number of hydrogen-bond donors (Lipinski definition) is 1. The molecule has 1 fully saturated rings. The highest BCUT2D eigenvalue weighted by atomic mass is 16.6. The molecule has 0 amide bonds. The minimum absolute atomic E-state index is 0.157. The van der Waals surface area contributed by atoms with E-state index < -0.39 is 0 Å². The van der Waals surface area contributed by atoms with Crippen molar-refractivity contribution < 1.29 is 4.92 Å². The summed E-state index contributed by atoms with van der Waals surface area (Å²) in [7, 11) is 0. The van der Waals surface area contributed by atoms with Crippen LogP contribution in [0.4, 0.5) is 17.1 Å². The molecule has 5 heteroatoms. The van der Waals surface area contributed by atoms with Gasteiger partial charge in [-0.1, -0.05) is 13.3 Å². The van der Waals surface area contributed by atoms with E-state index >= 15 is 0 Å². The van der Waals surface area contributed by atoms with E-state index in [1.165, 1.54) is 19.3 Å². The van der Waals surface area contributed by atoms with Crippen LogP contribution in [-0.2, 0) is 0 Å². The molecule has 20 heavy (non-hydrogen) atoms. The lowest BCUT2D eigenvalue weighted by atomic mass is 10.1. The number of nitro benzene ring substituents is 1. The van der Waals surface area contributed by atoms with Crippen LogP contribution in [0.25, 0.3) is 0 Å². The second-order valence-electron chi connectivity index (χ2n) is 5.29. The van der Waals surface area contributed by atoms with Gasteiger partial charge in [0, 0.05) is 31.8 Å². The molecule has 0 aliphatic carbocycles. The molecule has 0 aromatic heterocycles. The standard InChI is InChI=1S/C15H23N3O2/c1-2-3-9-16-14-12-13(18(19)20)7-8-15(14)17-10-5-4-6-11-17/h7-8,12,16H,2-6,9-11H2,1H3. The van der Waals surface area contributed by atoms with Crippen LogP contribution in [0.1, 0.15) is 39.0 Å². The number of nitro groups is 1. The molecule has 1 aromatic carbocycles. The summed E-state index contributed by atoms with van der Waals surface area (Å²) >= 11 is 0. The van der Waals surface area contributed by atoms with Gasteiger partial charge in [-0.3, -0.25) is 10.1 Å². The quantitative estimate of drug-likeness (QED) is 0.488. The zero-order chi connectivity index (χ0) is 14.4. The van der Waals surface area contributed by atoms with E-state index in [1.807, 2.05) is 6.07 Å². The first-order valence-electron chi connectivity index (χ1n) is 7.49. The van der Waals surface area contributed by atoms with Crippen molar-refractivity contribution in [3.63, 3.8) is 0 Å². The maximum Gasteiger partial charge on any atom is 0.271 e. The summed E-state index contributed by atoms with van der Waals surface area (Å²) in [6, 6.07) is 5.16. The van der Waals surface area contributed by atoms with Gasteiger partial charge in [-0.05, 0) is 31.7 Å². The van der Waals surface area contributed by atoms with Crippen LogP contribution < -0.4 is 10.2 Å². The molecule has 0 radical (unpaired) electrons. The average molecular weight is 277 g/mol. The molecule has 5 nitrogen and oxygen atoms in total. The highest BCUT2D eigenvalue weighted by Crippen LogP contribution is 2.32. The highest BCUT2D eigenvalue weighted by molar-refractivity contribution is 5.73. The van der Waals surface area contributed by atoms with Gasteiger partial charge in [-0.2, -0.15) is 0 Å². The van der Waals surface area contributed by atoms with Crippen molar-refractivity contribution in [3.05, 3.63) is 28.3 Å². The molecule has 1 heterocycles. The van der Waals surface area contributed by atoms with Crippen LogP contribution in [0, 0.1) is 10.1 Å². The van der Waals surface area contributed by atoms with Crippen molar-refractivity contribution in [1.82, 2.24) is 0 Å². The minimum Gasteiger partial charge on any atom is -0.383 e. The van der Waals surface area contributed by atoms with Gasteiger partial charge >= 0.3 is 0 Å². The Morgan fingerprint density at radius 1 is 1.30 bits per heavy atom. The lowest BCUT2D eigenvalue weighted by Crippen LogP contribution is -2.30. The number of nitrogens with one attached hydrogen (secondary N) is 1. The summed E-state index contributed by atoms with van der Waals surface area (Å²) in [6.07, 6.45) is 5.86. The van der Waals surface area contributed by atoms with Gasteiger partial charge in [0.05, 0.1) is 16.3 Å². The van der Waals surface area contributed by atoms with E-state index in [9.17, 15) is 10.1 Å². The maximum absolute atomic E-state index is 10.9. The van der Waals surface area contributed by atoms with Gasteiger partial charge in [-0.15, -0.1) is 0 Å². The zero-order valence-electron chi connectivity index (χ0n) is 12.1. The molecule has 1 saturated heterocycles. The molecule has 0 bridgehead atoms. The molecule has 0 saturated carbocycles. The Labute approximate surface area is 120 Å². The van der Waals surface area contributed by atoms with E-state index in [0.29, 0.717) is 0 Å². The van der Waals surface area contributed by atoms with Gasteiger partial charge in [0.2, 0.25) is 0 Å². The number of non-ortho nitro benzene ring substituents is 1. The van der Waals surface area contributed by atoms with Crippen LogP contribution in [0.5, 0.6) is 0 Å². The zero-order valence-corrected chi connectivity index (χ0v) is 12.1. The number of rotatable bonds is 6. The topological polar surface area (TPSA) is 58.4 Å². The third-order valence-corrected chi connectivity index (χ3v) is 3.73. The molecule has 1 aromatic rings. The largest absolute Gasteiger partial charge is 0.383 e. The Morgan fingerprint density at radius 2 is 2.05 bits per heavy atom. The molecule has 110 valence electrons. The third kappa shape index (κ3) is 3.62. The summed E-state index contributed by atoms with van der Waals surface area (Å²) < 4.78 is 0. The van der Waals surface area contributed by atoms with Crippen LogP contribution in [0.3, 0.4) is 0 Å². The third-order valence-electron chi connectivity index (χ3n) is 3.73. The van der Waals surface area contributed by atoms with Crippen molar-refractivity contribution in [1.29, 1.82) is 0 Å². The number of benzene rings is 1. The van der Waals surface area contributed by atoms with Crippen LogP contribution in [0.15, 0.2) is 18.2 Å². The minimum atomic E-state index is -0.328. The Hall–Kier alpha value is -1.78. The number of nitrogens with zero attached hydrogens (tertiary/aromatic N) is 2. The molecule has 0 spiro atoms. The van der Waals surface area contributed by atoms with E-state index in [4.69, 9.17) is 0 Å². The fourth-order valence-electron chi connectivity index (χ4n) is 2.59. The fourth-order valence-corrected chi connectivity index (χ4v) is 2.59. The number of piperidine rings is 1. The summed E-state index contributed by atoms with van der Waals surface area (Å²) in [5, 5.41) is 14.3. The number of unbranched alkanes of at least 4 members (excludes halogenated alkanes) is 1. The van der Waals surface area contributed by atoms with Gasteiger partial charge in [0.25, 0.3) is 5.69 Å². The predicted molar refractivity (Wildman–Crippen MR) is 82.6 cm³/mol. The lowest BCUT2D eigenvalue weighted by molar-refractivity contribution is -0.384. The molecule has 1 aliphatic rings. The SMILES string of the molecule is CCCCNc1cc([N+](=O)[O-])ccc1N1CCCCC1. The first-order chi connectivity index (χ1) is 9.72. The Bertz CT molecular complexity index is 456. The smallest absolute Gasteiger partial charge is 0.271 e. The van der Waals surface area contributed by atoms with Gasteiger partial charge in [0.1, 0.15) is 0 Å². The Balaban J connectivity index is 2.21. The number of hydrogen-bond acceptors (Lipinski definition) is 4. The molecular weight excluding hydrogens is 254 g/mol. The summed E-state index contributed by atoms with van der Waals surface area (Å²) in [4.78, 5) is 12.9. The van der Waals surface area contributed by atoms with Crippen molar-refractivity contribution in [2.24, 2.45) is 0 Å². The van der Waals surface area contributed by atoms with Gasteiger partial charge < -0.3 is 10.2 Å². The first-order valence-corrected chi connectivity index (χ1v) is 7.49. The highest BCUT2D eigenvalue weighted by Gasteiger charge is 2.17. The van der Waals surface area contributed by atoms with Crippen molar-refractivity contribution >= 4 is 17.1 Å². The first kappa shape index (κ1) is 14.6. The monoisotopic (exact) mass is 277 g/mol. The summed E-state index contributed by atoms with van der Waals surface area (Å²) in [5.74, 6) is 0. The van der Waals surface area contributed by atoms with Crippen molar-refractivity contribution in [2.75, 3.05) is 29.9 Å². The van der Waals surface area contributed by atoms with Gasteiger partial charge in [-0.25, -0.2) is 0 Å². The maximum atomic E-state index is 10.9. The summed E-state index contributed by atoms with van der Waals surface area (Å²) in [5.41, 5.74) is 2.16. The fraction of sp³-hybridized carbons (Fsp3) is 0.600. The molecule has 0 atom stereocenters. The second-order valence-corrected chi connectivity index (χ2v) is 5.29. The average Bonchev–Trinajstić information content (AvgIpc) is 2.48. The van der Waals surface area contributed by atoms with Crippen molar-refractivity contribution in [2.45, 2.75) is 39.0 Å². The van der Waals surface area contributed by atoms with Crippen LogP contribution >= 0.6 is 0 Å². The summed E-state index contributed by atoms with van der Waals surface area (Å²) in [6.45, 7) is 5.08. The van der Waals surface area contributed by atoms with Crippen LogP contribution in [-0.4, -0.2) is 24.6 Å². The normalized spacial score (nSPS) is 15.2. The van der Waals surface area contributed by atoms with E-state index in [1.54, 1.807) is 12.1 Å². The van der Waals surface area contributed by atoms with E-state index in [-0.39, 0.29) is 10.6 Å². The predicted octanol–water partition coefficient (Wildman–Crippen LogP) is 3.80. The van der Waals surface area contributed by atoms with E-state index in [0.717, 1.165) is 43.9 Å². The Morgan fingerprint density at radius 3 is 2.70 bits per heavy atom. The molecule has 1 N–H and O–H groups in total. The molecule has 0 unspecified atom stereocenters. The molecule has 1 aliphatic heterocycles. The molecular formula is C15H23N3O2. The molecule has 2 rings (SSSR count). The second kappa shape index (κ2) is 7.12. The lowest BCUT2D eigenvalue weighted by Gasteiger charge is -2.30. The number of anilines is 2. The van der Waals surface area contributed by atoms with Crippen molar-refractivity contribution in [3.8, 4) is 0 Å². The Kier molecular flexibility index (Phi) is 5.21. The van der Waals surface area contributed by atoms with Gasteiger partial charge in [0.15, 0.2) is 0 Å². The van der Waals surface area contributed by atoms with Crippen LogP contribution in [0.2, 0.25) is 0 Å². The van der Waals surface area contributed by atoms with E-state index in [2.05, 4.69) is 17.1 Å².